The van der Waals surface area contributed by atoms with Crippen molar-refractivity contribution in [1.82, 2.24) is 10.2 Å². The van der Waals surface area contributed by atoms with Crippen LogP contribution in [0.15, 0.2) is 22.2 Å². The molecule has 1 N–H and O–H groups in total. The minimum atomic E-state index is -1.43. The Hall–Kier alpha value is -1.29. The summed E-state index contributed by atoms with van der Waals surface area (Å²) in [5, 5.41) is 15.3. The summed E-state index contributed by atoms with van der Waals surface area (Å²) in [6.07, 6.45) is 1.10. The molecule has 1 fully saturated rings. The van der Waals surface area contributed by atoms with Crippen LogP contribution in [0, 0.1) is 5.92 Å². The summed E-state index contributed by atoms with van der Waals surface area (Å²) < 4.78 is 4.80. The van der Waals surface area contributed by atoms with Crippen molar-refractivity contribution < 1.29 is 58.6 Å². The van der Waals surface area contributed by atoms with E-state index < -0.39 is 23.9 Å². The van der Waals surface area contributed by atoms with Crippen LogP contribution >= 0.6 is 11.8 Å². The number of aliphatic carboxylic acids is 1. The van der Waals surface area contributed by atoms with Gasteiger partial charge >= 0.3 is 29.6 Å². The fourth-order valence-electron chi connectivity index (χ4n) is 2.75. The Morgan fingerprint density at radius 2 is 2.17 bits per heavy atom. The van der Waals surface area contributed by atoms with Crippen LogP contribution in [0.3, 0.4) is 0 Å². The minimum absolute atomic E-state index is 0. The number of hydrogen-bond donors (Lipinski definition) is 1. The maximum absolute atomic E-state index is 12.2. The van der Waals surface area contributed by atoms with Crippen molar-refractivity contribution in [2.45, 2.75) is 32.4 Å². The van der Waals surface area contributed by atoms with Crippen LogP contribution in [0.25, 0.3) is 0 Å². The van der Waals surface area contributed by atoms with Gasteiger partial charge in [-0.15, -0.1) is 0 Å². The number of rotatable bonds is 7. The van der Waals surface area contributed by atoms with Crippen LogP contribution < -0.4 is 40.0 Å². The van der Waals surface area contributed by atoms with Gasteiger partial charge in [0, 0.05) is 24.4 Å². The molecular formula is C14H15N2NaO6S. The first-order chi connectivity index (χ1) is 10.9. The van der Waals surface area contributed by atoms with Crippen LogP contribution in [-0.2, 0) is 23.9 Å². The fourth-order valence-corrected chi connectivity index (χ4v) is 3.61. The van der Waals surface area contributed by atoms with Crippen molar-refractivity contribution in [3.05, 3.63) is 22.2 Å². The van der Waals surface area contributed by atoms with Crippen molar-refractivity contribution in [2.24, 2.45) is 5.92 Å². The molecule has 0 aromatic heterocycles. The van der Waals surface area contributed by atoms with E-state index >= 15 is 0 Å². The SMILES string of the molecule is CC(=O)N/C=C\SC1=C(C(=O)[O-])N2C(=O)[C@H]([C@@H](C)OC=O)[C@H]2C1.[Na+]. The number of nitrogens with one attached hydrogen (secondary N) is 1. The standard InChI is InChI=1S/C14H16N2O6S.Na/c1-7(22-6-17)11-9-5-10(23-4-3-15-8(2)18)12(14(20)21)16(9)13(11)19;/h3-4,6-7,9,11H,5H2,1-2H3,(H,15,18)(H,20,21);/q;+1/p-1/b4-3-;/t7-,9-,11-;/m1./s1. The van der Waals surface area contributed by atoms with E-state index in [1.165, 1.54) is 23.4 Å². The van der Waals surface area contributed by atoms with E-state index in [0.29, 0.717) is 11.3 Å². The van der Waals surface area contributed by atoms with Crippen molar-refractivity contribution in [1.29, 1.82) is 0 Å². The van der Waals surface area contributed by atoms with Crippen molar-refractivity contribution in [3.63, 3.8) is 0 Å². The normalized spacial score (nSPS) is 23.2. The van der Waals surface area contributed by atoms with Gasteiger partial charge in [-0.2, -0.15) is 0 Å². The Kier molecular flexibility index (Phi) is 7.53. The molecule has 2 amide bonds. The van der Waals surface area contributed by atoms with E-state index in [-0.39, 0.29) is 53.7 Å². The van der Waals surface area contributed by atoms with Crippen LogP contribution in [0.5, 0.6) is 0 Å². The zero-order valence-corrected chi connectivity index (χ0v) is 16.3. The van der Waals surface area contributed by atoms with Crippen molar-refractivity contribution in [2.75, 3.05) is 0 Å². The number of amides is 2. The molecule has 2 aliphatic rings. The third-order valence-electron chi connectivity index (χ3n) is 3.70. The fraction of sp³-hybridized carbons (Fsp3) is 0.429. The molecule has 2 aliphatic heterocycles. The first-order valence-corrected chi connectivity index (χ1v) is 7.71. The van der Waals surface area contributed by atoms with Gasteiger partial charge in [-0.25, -0.2) is 0 Å². The average molecular weight is 362 g/mol. The molecule has 0 bridgehead atoms. The third kappa shape index (κ3) is 4.02. The molecule has 2 rings (SSSR count). The summed E-state index contributed by atoms with van der Waals surface area (Å²) in [6.45, 7) is 3.21. The van der Waals surface area contributed by atoms with Gasteiger partial charge in [0.25, 0.3) is 6.47 Å². The summed E-state index contributed by atoms with van der Waals surface area (Å²) >= 11 is 1.10. The van der Waals surface area contributed by atoms with E-state index in [1.807, 2.05) is 0 Å². The maximum atomic E-state index is 12.2. The number of carbonyl (C=O) groups excluding carboxylic acids is 4. The second kappa shape index (κ2) is 8.70. The molecule has 1 saturated heterocycles. The average Bonchev–Trinajstić information content (AvgIpc) is 2.78. The molecule has 8 nitrogen and oxygen atoms in total. The Bertz CT molecular complexity index is 620. The van der Waals surface area contributed by atoms with Gasteiger partial charge < -0.3 is 24.9 Å². The monoisotopic (exact) mass is 362 g/mol. The molecule has 124 valence electrons. The van der Waals surface area contributed by atoms with Crippen LogP contribution in [-0.4, -0.2) is 41.3 Å². The molecular weight excluding hydrogens is 347 g/mol. The zero-order valence-electron chi connectivity index (χ0n) is 13.5. The second-order valence-electron chi connectivity index (χ2n) is 5.12. The van der Waals surface area contributed by atoms with E-state index in [2.05, 4.69) is 5.32 Å². The van der Waals surface area contributed by atoms with Crippen LogP contribution in [0.2, 0.25) is 0 Å². The van der Waals surface area contributed by atoms with E-state index in [0.717, 1.165) is 11.8 Å². The number of carboxylic acids is 1. The van der Waals surface area contributed by atoms with E-state index in [1.54, 1.807) is 6.92 Å². The van der Waals surface area contributed by atoms with Gasteiger partial charge in [0.2, 0.25) is 11.8 Å². The molecule has 3 atom stereocenters. The number of nitrogens with zero attached hydrogens (tertiary/aromatic N) is 1. The minimum Gasteiger partial charge on any atom is -0.543 e. The van der Waals surface area contributed by atoms with Gasteiger partial charge in [0.15, 0.2) is 0 Å². The predicted octanol–water partition coefficient (Wildman–Crippen LogP) is -3.92. The Balaban J connectivity index is 0.00000288. The van der Waals surface area contributed by atoms with Crippen LogP contribution in [0.4, 0.5) is 0 Å². The Morgan fingerprint density at radius 1 is 1.50 bits per heavy atom. The van der Waals surface area contributed by atoms with Gasteiger partial charge in [-0.1, -0.05) is 11.8 Å². The Morgan fingerprint density at radius 3 is 2.71 bits per heavy atom. The first kappa shape index (κ1) is 20.8. The number of fused-ring (bicyclic) bond motifs is 1. The molecule has 0 spiro atoms. The summed E-state index contributed by atoms with van der Waals surface area (Å²) in [5.41, 5.74) is -0.160. The summed E-state index contributed by atoms with van der Waals surface area (Å²) in [5.74, 6) is -2.64. The summed E-state index contributed by atoms with van der Waals surface area (Å²) in [4.78, 5) is 46.3. The van der Waals surface area contributed by atoms with E-state index in [4.69, 9.17) is 4.74 Å². The number of ether oxygens (including phenoxy) is 1. The molecule has 0 aliphatic carbocycles. The van der Waals surface area contributed by atoms with Crippen molar-refractivity contribution in [3.8, 4) is 0 Å². The summed E-state index contributed by atoms with van der Waals surface area (Å²) in [6, 6.07) is -0.359. The van der Waals surface area contributed by atoms with Crippen molar-refractivity contribution >= 4 is 36.0 Å². The number of hydrogen-bond acceptors (Lipinski definition) is 7. The second-order valence-corrected chi connectivity index (χ2v) is 6.12. The largest absolute Gasteiger partial charge is 1.00 e. The number of carboxylic acid groups (broad SMARTS) is 1. The molecule has 2 heterocycles. The Labute approximate surface area is 164 Å². The first-order valence-electron chi connectivity index (χ1n) is 6.84. The molecule has 0 radical (unpaired) electrons. The maximum Gasteiger partial charge on any atom is 1.00 e. The molecule has 0 unspecified atom stereocenters. The number of thioether (sulfide) groups is 1. The van der Waals surface area contributed by atoms with Gasteiger partial charge in [-0.05, 0) is 12.3 Å². The number of carbonyl (C=O) groups is 4. The predicted molar refractivity (Wildman–Crippen MR) is 77.9 cm³/mol. The van der Waals surface area contributed by atoms with Gasteiger partial charge in [0.05, 0.1) is 23.6 Å². The molecule has 0 aromatic carbocycles. The number of β-lactam (4-membered cyclic amide) rings is 1. The molecule has 10 heteroatoms. The van der Waals surface area contributed by atoms with Crippen LogP contribution in [0.1, 0.15) is 20.3 Å². The third-order valence-corrected chi connectivity index (χ3v) is 4.62. The van der Waals surface area contributed by atoms with Gasteiger partial charge in [-0.3, -0.25) is 14.4 Å². The van der Waals surface area contributed by atoms with E-state index in [9.17, 15) is 24.3 Å². The zero-order chi connectivity index (χ0) is 17.1. The smallest absolute Gasteiger partial charge is 0.543 e. The molecule has 0 saturated carbocycles. The summed E-state index contributed by atoms with van der Waals surface area (Å²) in [7, 11) is 0. The molecule has 0 aromatic rings. The topological polar surface area (TPSA) is 116 Å². The van der Waals surface area contributed by atoms with Gasteiger partial charge in [0.1, 0.15) is 6.10 Å². The molecule has 24 heavy (non-hydrogen) atoms. The quantitative estimate of drug-likeness (QED) is 0.279.